The Bertz CT molecular complexity index is 758. The molecule has 0 saturated carbocycles. The van der Waals surface area contributed by atoms with Gasteiger partial charge in [0, 0.05) is 36.8 Å². The molecule has 2 aliphatic rings. The molecule has 1 aromatic carbocycles. The molecule has 2 saturated heterocycles. The number of amides is 1. The molecule has 2 bridgehead atoms. The van der Waals surface area contributed by atoms with Crippen LogP contribution in [0.25, 0.3) is 11.4 Å². The molecule has 2 atom stereocenters. The number of aryl methyl sites for hydroxylation is 1. The van der Waals surface area contributed by atoms with Crippen LogP contribution in [0.15, 0.2) is 30.3 Å². The Morgan fingerprint density at radius 2 is 2.00 bits per heavy atom. The zero-order valence-corrected chi connectivity index (χ0v) is 14.7. The van der Waals surface area contributed by atoms with E-state index in [0.717, 1.165) is 36.8 Å². The van der Waals surface area contributed by atoms with Crippen molar-refractivity contribution in [3.05, 3.63) is 41.7 Å². The number of rotatable bonds is 2. The van der Waals surface area contributed by atoms with Crippen LogP contribution in [-0.2, 0) is 4.74 Å². The van der Waals surface area contributed by atoms with Crippen molar-refractivity contribution in [3.8, 4) is 11.4 Å². The van der Waals surface area contributed by atoms with E-state index >= 15 is 0 Å². The maximum absolute atomic E-state index is 13.1. The Morgan fingerprint density at radius 3 is 2.80 bits per heavy atom. The number of fused-ring (bicyclic) bond motifs is 3. The first-order valence-electron chi connectivity index (χ1n) is 8.81. The summed E-state index contributed by atoms with van der Waals surface area (Å²) in [5.41, 5.74) is 2.34. The molecule has 2 aromatic rings. The number of aromatic nitrogens is 2. The summed E-state index contributed by atoms with van der Waals surface area (Å²) in [4.78, 5) is 25.3. The van der Waals surface area contributed by atoms with E-state index in [1.54, 1.807) is 0 Å². The van der Waals surface area contributed by atoms with Crippen molar-refractivity contribution >= 4 is 5.91 Å². The number of H-pyrrole nitrogens is 1. The van der Waals surface area contributed by atoms with E-state index in [-0.39, 0.29) is 11.9 Å². The summed E-state index contributed by atoms with van der Waals surface area (Å²) in [5, 5.41) is 0. The van der Waals surface area contributed by atoms with Gasteiger partial charge in [-0.25, -0.2) is 4.98 Å². The average molecular weight is 340 g/mol. The molecule has 0 spiro atoms. The first-order valence-corrected chi connectivity index (χ1v) is 8.81. The van der Waals surface area contributed by atoms with Crippen molar-refractivity contribution in [1.29, 1.82) is 0 Å². The highest BCUT2D eigenvalue weighted by Crippen LogP contribution is 2.22. The summed E-state index contributed by atoms with van der Waals surface area (Å²) in [5.74, 6) is 1.12. The van der Waals surface area contributed by atoms with Gasteiger partial charge in [0.1, 0.15) is 11.5 Å². The predicted octanol–water partition coefficient (Wildman–Crippen LogP) is 1.79. The van der Waals surface area contributed by atoms with E-state index in [4.69, 9.17) is 4.74 Å². The summed E-state index contributed by atoms with van der Waals surface area (Å²) in [6, 6.07) is 10.2. The van der Waals surface area contributed by atoms with Gasteiger partial charge in [-0.2, -0.15) is 0 Å². The van der Waals surface area contributed by atoms with E-state index in [2.05, 4.69) is 21.9 Å². The quantitative estimate of drug-likeness (QED) is 0.905. The fourth-order valence-corrected chi connectivity index (χ4v) is 3.77. The van der Waals surface area contributed by atoms with Gasteiger partial charge in [-0.1, -0.05) is 30.3 Å². The smallest absolute Gasteiger partial charge is 0.274 e. The molecular formula is C19H24N4O2. The number of hydrogen-bond donors (Lipinski definition) is 1. The van der Waals surface area contributed by atoms with Gasteiger partial charge >= 0.3 is 0 Å². The number of nitrogens with zero attached hydrogens (tertiary/aromatic N) is 3. The number of aromatic amines is 1. The minimum absolute atomic E-state index is 0.0168. The zero-order chi connectivity index (χ0) is 17.4. The predicted molar refractivity (Wildman–Crippen MR) is 95.4 cm³/mol. The molecule has 0 radical (unpaired) electrons. The largest absolute Gasteiger partial charge is 0.379 e. The van der Waals surface area contributed by atoms with E-state index in [1.807, 2.05) is 42.2 Å². The highest BCUT2D eigenvalue weighted by molar-refractivity contribution is 5.94. The van der Waals surface area contributed by atoms with Crippen molar-refractivity contribution in [2.45, 2.75) is 13.0 Å². The molecule has 132 valence electrons. The third-order valence-corrected chi connectivity index (χ3v) is 5.16. The van der Waals surface area contributed by atoms with Gasteiger partial charge in [0.15, 0.2) is 0 Å². The average Bonchev–Trinajstić information content (AvgIpc) is 2.80. The van der Waals surface area contributed by atoms with E-state index in [1.165, 1.54) is 0 Å². The van der Waals surface area contributed by atoms with Crippen LogP contribution < -0.4 is 0 Å². The molecular weight excluding hydrogens is 316 g/mol. The lowest BCUT2D eigenvalue weighted by Crippen LogP contribution is -2.45. The molecule has 1 N–H and O–H groups in total. The summed E-state index contributed by atoms with van der Waals surface area (Å²) in [6.07, 6.45) is 0. The molecule has 2 aliphatic heterocycles. The number of carbonyl (C=O) groups is 1. The number of hydrogen-bond acceptors (Lipinski definition) is 4. The molecule has 0 aliphatic carbocycles. The minimum atomic E-state index is 0.0168. The summed E-state index contributed by atoms with van der Waals surface area (Å²) < 4.78 is 5.75. The van der Waals surface area contributed by atoms with Crippen LogP contribution in [0.1, 0.15) is 16.2 Å². The number of imidazole rings is 1. The highest BCUT2D eigenvalue weighted by Gasteiger charge is 2.34. The monoisotopic (exact) mass is 340 g/mol. The second kappa shape index (κ2) is 6.61. The van der Waals surface area contributed by atoms with Crippen LogP contribution in [0.4, 0.5) is 0 Å². The Hall–Kier alpha value is -2.18. The van der Waals surface area contributed by atoms with Crippen molar-refractivity contribution in [2.24, 2.45) is 5.92 Å². The van der Waals surface area contributed by atoms with Crippen LogP contribution in [-0.4, -0.2) is 71.6 Å². The summed E-state index contributed by atoms with van der Waals surface area (Å²) in [6.45, 7) is 5.72. The second-order valence-corrected chi connectivity index (χ2v) is 7.13. The number of likely N-dealkylation sites (N-methyl/N-ethyl adjacent to an activating group) is 1. The number of carbonyl (C=O) groups excluding carboxylic acids is 1. The van der Waals surface area contributed by atoms with E-state index in [0.29, 0.717) is 24.8 Å². The van der Waals surface area contributed by atoms with Crippen LogP contribution in [0, 0.1) is 12.8 Å². The Morgan fingerprint density at radius 1 is 1.20 bits per heavy atom. The van der Waals surface area contributed by atoms with Crippen LogP contribution in [0.3, 0.4) is 0 Å². The van der Waals surface area contributed by atoms with Crippen molar-refractivity contribution in [1.82, 2.24) is 19.8 Å². The normalized spacial score (nSPS) is 24.2. The molecule has 2 fully saturated rings. The molecule has 6 nitrogen and oxygen atoms in total. The molecule has 0 unspecified atom stereocenters. The van der Waals surface area contributed by atoms with Gasteiger partial charge in [-0.3, -0.25) is 9.69 Å². The lowest BCUT2D eigenvalue weighted by atomic mass is 10.1. The lowest BCUT2D eigenvalue weighted by molar-refractivity contribution is 0.0430. The standard InChI is InChI=1S/C19H24N4O2/c1-13-17(21-18(20-13)15-6-4-3-5-7-15)19(24)23-9-14-8-22(2)16(10-23)12-25-11-14/h3-7,14,16H,8-12H2,1-2H3,(H,20,21)/t14-,16+/m1/s1. The number of benzene rings is 1. The second-order valence-electron chi connectivity index (χ2n) is 7.13. The van der Waals surface area contributed by atoms with Crippen molar-refractivity contribution in [2.75, 3.05) is 39.9 Å². The molecule has 6 heteroatoms. The van der Waals surface area contributed by atoms with Crippen LogP contribution >= 0.6 is 0 Å². The molecule has 3 heterocycles. The maximum atomic E-state index is 13.1. The van der Waals surface area contributed by atoms with Crippen LogP contribution in [0.5, 0.6) is 0 Å². The third-order valence-electron chi connectivity index (χ3n) is 5.16. The Labute approximate surface area is 147 Å². The number of nitrogens with one attached hydrogen (secondary N) is 1. The Kier molecular flexibility index (Phi) is 4.31. The fourth-order valence-electron chi connectivity index (χ4n) is 3.77. The van der Waals surface area contributed by atoms with Gasteiger partial charge in [-0.05, 0) is 14.0 Å². The zero-order valence-electron chi connectivity index (χ0n) is 14.7. The SMILES string of the molecule is Cc1[nH]c(-c2ccccc2)nc1C(=O)N1C[C@@H]2COC[C@H](C1)N(C)C2. The van der Waals surface area contributed by atoms with E-state index in [9.17, 15) is 4.79 Å². The third kappa shape index (κ3) is 3.19. The van der Waals surface area contributed by atoms with Gasteiger partial charge in [0.2, 0.25) is 0 Å². The molecule has 4 rings (SSSR count). The lowest BCUT2D eigenvalue weighted by Gasteiger charge is -2.29. The van der Waals surface area contributed by atoms with Gasteiger partial charge in [0.05, 0.1) is 19.3 Å². The fraction of sp³-hybridized carbons (Fsp3) is 0.474. The van der Waals surface area contributed by atoms with Crippen molar-refractivity contribution < 1.29 is 9.53 Å². The van der Waals surface area contributed by atoms with Crippen molar-refractivity contribution in [3.63, 3.8) is 0 Å². The highest BCUT2D eigenvalue weighted by atomic mass is 16.5. The number of ether oxygens (including phenoxy) is 1. The van der Waals surface area contributed by atoms with E-state index < -0.39 is 0 Å². The van der Waals surface area contributed by atoms with Gasteiger partial charge < -0.3 is 14.6 Å². The van der Waals surface area contributed by atoms with Gasteiger partial charge in [-0.15, -0.1) is 0 Å². The first kappa shape index (κ1) is 16.3. The van der Waals surface area contributed by atoms with Gasteiger partial charge in [0.25, 0.3) is 5.91 Å². The minimum Gasteiger partial charge on any atom is -0.379 e. The molecule has 1 amide bonds. The molecule has 1 aromatic heterocycles. The summed E-state index contributed by atoms with van der Waals surface area (Å²) >= 11 is 0. The molecule has 25 heavy (non-hydrogen) atoms. The maximum Gasteiger partial charge on any atom is 0.274 e. The Balaban J connectivity index is 1.60. The summed E-state index contributed by atoms with van der Waals surface area (Å²) in [7, 11) is 2.12. The topological polar surface area (TPSA) is 61.5 Å². The van der Waals surface area contributed by atoms with Crippen LogP contribution in [0.2, 0.25) is 0 Å². The first-order chi connectivity index (χ1) is 12.1.